The average molecular weight is 368 g/mol. The first kappa shape index (κ1) is 17.0. The predicted molar refractivity (Wildman–Crippen MR) is 89.8 cm³/mol. The van der Waals surface area contributed by atoms with Gasteiger partial charge >= 0.3 is 5.97 Å². The number of aromatic carboxylic acids is 1. The van der Waals surface area contributed by atoms with Crippen LogP contribution in [0.4, 0.5) is 0 Å². The second-order valence-electron chi connectivity index (χ2n) is 5.54. The quantitative estimate of drug-likeness (QED) is 0.874. The molecule has 0 spiro atoms. The molecule has 1 fully saturated rings. The maximum Gasteiger partial charge on any atom is 0.356 e. The fraction of sp³-hybridized carbons (Fsp3) is 0.312. The van der Waals surface area contributed by atoms with E-state index in [4.69, 9.17) is 33.0 Å². The number of carboxylic acid groups (broad SMARTS) is 1. The molecule has 2 heterocycles. The Bertz CT molecular complexity index is 740. The number of halogens is 2. The Morgan fingerprint density at radius 1 is 1.29 bits per heavy atom. The van der Waals surface area contributed by atoms with Crippen molar-refractivity contribution >= 4 is 29.2 Å². The molecule has 6 nitrogen and oxygen atoms in total. The van der Waals surface area contributed by atoms with Crippen LogP contribution in [0.1, 0.15) is 22.6 Å². The summed E-state index contributed by atoms with van der Waals surface area (Å²) in [4.78, 5) is 21.0. The van der Waals surface area contributed by atoms with Crippen LogP contribution < -0.4 is 4.74 Å². The van der Waals surface area contributed by atoms with Crippen LogP contribution in [0.25, 0.3) is 0 Å². The average Bonchev–Trinajstić information content (AvgIpc) is 2.98. The van der Waals surface area contributed by atoms with Crippen molar-refractivity contribution in [1.29, 1.82) is 0 Å². The highest BCUT2D eigenvalue weighted by molar-refractivity contribution is 6.42. The Labute approximate surface area is 149 Å². The molecule has 0 bridgehead atoms. The SMILES string of the molecule is O=C(O)c1cnc(CN2CCC(Oc3ccc(Cl)c(Cl)c3)C2)cn1. The summed E-state index contributed by atoms with van der Waals surface area (Å²) in [7, 11) is 0. The summed E-state index contributed by atoms with van der Waals surface area (Å²) < 4.78 is 5.93. The topological polar surface area (TPSA) is 75.5 Å². The number of benzene rings is 1. The standard InChI is InChI=1S/C16H15Cl2N3O3/c17-13-2-1-11(5-14(13)18)24-12-3-4-21(9-12)8-10-6-20-15(7-19-10)16(22)23/h1-2,5-7,12H,3-4,8-9H2,(H,22,23). The van der Waals surface area contributed by atoms with E-state index in [2.05, 4.69) is 14.9 Å². The first-order valence-corrected chi connectivity index (χ1v) is 8.15. The minimum Gasteiger partial charge on any atom is -0.489 e. The Kier molecular flexibility index (Phi) is 5.18. The van der Waals surface area contributed by atoms with Crippen LogP contribution in [-0.4, -0.2) is 45.1 Å². The summed E-state index contributed by atoms with van der Waals surface area (Å²) in [6.45, 7) is 2.23. The maximum atomic E-state index is 10.8. The van der Waals surface area contributed by atoms with Crippen molar-refractivity contribution < 1.29 is 14.6 Å². The van der Waals surface area contributed by atoms with E-state index in [0.717, 1.165) is 25.2 Å². The fourth-order valence-corrected chi connectivity index (χ4v) is 2.84. The van der Waals surface area contributed by atoms with Crippen LogP contribution in [0.3, 0.4) is 0 Å². The van der Waals surface area contributed by atoms with Gasteiger partial charge in [-0.1, -0.05) is 23.2 Å². The molecule has 0 amide bonds. The Morgan fingerprint density at radius 2 is 2.12 bits per heavy atom. The number of likely N-dealkylation sites (tertiary alicyclic amines) is 1. The molecule has 0 saturated carbocycles. The zero-order chi connectivity index (χ0) is 17.1. The third-order valence-corrected chi connectivity index (χ3v) is 4.47. The molecule has 8 heteroatoms. The molecule has 1 atom stereocenters. The van der Waals surface area contributed by atoms with Crippen molar-refractivity contribution in [3.8, 4) is 5.75 Å². The number of carboxylic acids is 1. The number of carbonyl (C=O) groups is 1. The van der Waals surface area contributed by atoms with E-state index < -0.39 is 5.97 Å². The predicted octanol–water partition coefficient (Wildman–Crippen LogP) is 3.13. The minimum absolute atomic E-state index is 0.0546. The number of rotatable bonds is 5. The largest absolute Gasteiger partial charge is 0.489 e. The van der Waals surface area contributed by atoms with Crippen LogP contribution >= 0.6 is 23.2 Å². The van der Waals surface area contributed by atoms with Crippen LogP contribution in [0.15, 0.2) is 30.6 Å². The molecule has 1 aliphatic heterocycles. The van der Waals surface area contributed by atoms with E-state index in [-0.39, 0.29) is 11.8 Å². The molecule has 24 heavy (non-hydrogen) atoms. The van der Waals surface area contributed by atoms with Gasteiger partial charge < -0.3 is 9.84 Å². The van der Waals surface area contributed by atoms with Crippen molar-refractivity contribution in [3.05, 3.63) is 52.0 Å². The second kappa shape index (κ2) is 7.34. The Morgan fingerprint density at radius 3 is 2.79 bits per heavy atom. The lowest BCUT2D eigenvalue weighted by molar-refractivity contribution is 0.0690. The first-order valence-electron chi connectivity index (χ1n) is 7.39. The molecule has 1 saturated heterocycles. The highest BCUT2D eigenvalue weighted by Gasteiger charge is 2.24. The van der Waals surface area contributed by atoms with E-state index in [1.807, 2.05) is 0 Å². The first-order chi connectivity index (χ1) is 11.5. The molecule has 1 aromatic carbocycles. The van der Waals surface area contributed by atoms with E-state index in [9.17, 15) is 4.79 Å². The summed E-state index contributed by atoms with van der Waals surface area (Å²) in [5.74, 6) is -0.382. The van der Waals surface area contributed by atoms with Crippen molar-refractivity contribution in [2.45, 2.75) is 19.1 Å². The third-order valence-electron chi connectivity index (χ3n) is 3.73. The van der Waals surface area contributed by atoms with Gasteiger partial charge in [-0.05, 0) is 18.6 Å². The molecule has 1 aromatic heterocycles. The number of hydrogen-bond acceptors (Lipinski definition) is 5. The minimum atomic E-state index is -1.08. The highest BCUT2D eigenvalue weighted by Crippen LogP contribution is 2.28. The second-order valence-corrected chi connectivity index (χ2v) is 6.35. The van der Waals surface area contributed by atoms with Gasteiger partial charge in [-0.3, -0.25) is 9.88 Å². The summed E-state index contributed by atoms with van der Waals surface area (Å²) in [5, 5.41) is 9.79. The third kappa shape index (κ3) is 4.14. The Balaban J connectivity index is 1.55. The van der Waals surface area contributed by atoms with Gasteiger partial charge in [0.2, 0.25) is 0 Å². The lowest BCUT2D eigenvalue weighted by Gasteiger charge is -2.16. The monoisotopic (exact) mass is 367 g/mol. The molecule has 2 aromatic rings. The summed E-state index contributed by atoms with van der Waals surface area (Å²) >= 11 is 11.9. The number of ether oxygens (including phenoxy) is 1. The van der Waals surface area contributed by atoms with Crippen molar-refractivity contribution in [3.63, 3.8) is 0 Å². The highest BCUT2D eigenvalue weighted by atomic mass is 35.5. The molecule has 1 aliphatic rings. The smallest absolute Gasteiger partial charge is 0.356 e. The van der Waals surface area contributed by atoms with Gasteiger partial charge in [0.1, 0.15) is 11.9 Å². The molecule has 1 unspecified atom stereocenters. The van der Waals surface area contributed by atoms with Gasteiger partial charge in [0.15, 0.2) is 5.69 Å². The number of nitrogens with zero attached hydrogens (tertiary/aromatic N) is 3. The van der Waals surface area contributed by atoms with Crippen LogP contribution in [0.2, 0.25) is 10.0 Å². The van der Waals surface area contributed by atoms with Gasteiger partial charge in [0, 0.05) is 25.7 Å². The maximum absolute atomic E-state index is 10.8. The Hall–Kier alpha value is -1.89. The summed E-state index contributed by atoms with van der Waals surface area (Å²) in [6, 6.07) is 5.22. The van der Waals surface area contributed by atoms with E-state index in [1.165, 1.54) is 12.4 Å². The van der Waals surface area contributed by atoms with Crippen molar-refractivity contribution in [2.24, 2.45) is 0 Å². The summed E-state index contributed by atoms with van der Waals surface area (Å²) in [5.41, 5.74) is 0.677. The molecule has 0 aliphatic carbocycles. The lowest BCUT2D eigenvalue weighted by Crippen LogP contribution is -2.25. The van der Waals surface area contributed by atoms with Gasteiger partial charge in [-0.25, -0.2) is 9.78 Å². The zero-order valence-corrected chi connectivity index (χ0v) is 14.2. The van der Waals surface area contributed by atoms with Crippen LogP contribution in [0.5, 0.6) is 5.75 Å². The molecule has 3 rings (SSSR count). The van der Waals surface area contributed by atoms with E-state index in [1.54, 1.807) is 18.2 Å². The molecule has 126 valence electrons. The summed E-state index contributed by atoms with van der Waals surface area (Å²) in [6.07, 6.45) is 3.73. The van der Waals surface area contributed by atoms with Crippen LogP contribution in [0, 0.1) is 0 Å². The number of aromatic nitrogens is 2. The van der Waals surface area contributed by atoms with Crippen molar-refractivity contribution in [2.75, 3.05) is 13.1 Å². The fourth-order valence-electron chi connectivity index (χ4n) is 2.56. The van der Waals surface area contributed by atoms with E-state index in [0.29, 0.717) is 22.3 Å². The number of hydrogen-bond donors (Lipinski definition) is 1. The lowest BCUT2D eigenvalue weighted by atomic mass is 10.3. The molecular weight excluding hydrogens is 353 g/mol. The zero-order valence-electron chi connectivity index (χ0n) is 12.7. The van der Waals surface area contributed by atoms with Gasteiger partial charge in [0.05, 0.1) is 28.1 Å². The van der Waals surface area contributed by atoms with Crippen molar-refractivity contribution in [1.82, 2.24) is 14.9 Å². The van der Waals surface area contributed by atoms with E-state index >= 15 is 0 Å². The van der Waals surface area contributed by atoms with Gasteiger partial charge in [0.25, 0.3) is 0 Å². The normalized spacial score (nSPS) is 17.8. The van der Waals surface area contributed by atoms with Crippen LogP contribution in [-0.2, 0) is 6.54 Å². The molecule has 0 radical (unpaired) electrons. The molecular formula is C16H15Cl2N3O3. The van der Waals surface area contributed by atoms with Gasteiger partial charge in [-0.15, -0.1) is 0 Å². The van der Waals surface area contributed by atoms with Gasteiger partial charge in [-0.2, -0.15) is 0 Å². The molecule has 1 N–H and O–H groups in total.